The summed E-state index contributed by atoms with van der Waals surface area (Å²) >= 11 is 0. The topological polar surface area (TPSA) is 29.5 Å². The minimum Gasteiger partial charge on any atom is -0.460 e. The van der Waals surface area contributed by atoms with Gasteiger partial charge in [0.15, 0.2) is 0 Å². The minimum atomic E-state index is -0.403. The van der Waals surface area contributed by atoms with Crippen LogP contribution in [0.1, 0.15) is 65.5 Å². The van der Waals surface area contributed by atoms with Gasteiger partial charge in [0.05, 0.1) is 6.42 Å². The van der Waals surface area contributed by atoms with E-state index in [1.54, 1.807) is 0 Å². The first kappa shape index (κ1) is 17.5. The van der Waals surface area contributed by atoms with Gasteiger partial charge in [-0.25, -0.2) is 0 Å². The molecule has 3 nitrogen and oxygen atoms in total. The molecule has 1 heterocycles. The highest BCUT2D eigenvalue weighted by atomic mass is 16.6. The number of nitrogens with zero attached hydrogens (tertiary/aromatic N) is 1. The van der Waals surface area contributed by atoms with Crippen molar-refractivity contribution in [2.24, 2.45) is 10.8 Å². The maximum atomic E-state index is 12.4. The molecule has 2 aliphatic rings. The van der Waals surface area contributed by atoms with Gasteiger partial charge in [0.1, 0.15) is 5.60 Å². The first-order valence-corrected chi connectivity index (χ1v) is 9.15. The fourth-order valence-electron chi connectivity index (χ4n) is 4.32. The highest BCUT2D eigenvalue weighted by Gasteiger charge is 2.62. The summed E-state index contributed by atoms with van der Waals surface area (Å²) in [5, 5.41) is 0. The molecule has 1 aliphatic carbocycles. The van der Waals surface area contributed by atoms with Gasteiger partial charge < -0.3 is 4.74 Å². The summed E-state index contributed by atoms with van der Waals surface area (Å²) in [4.78, 5) is 15.0. The molecule has 132 valence electrons. The number of carbonyl (C=O) groups excluding carboxylic acids is 1. The first-order chi connectivity index (χ1) is 11.1. The Labute approximate surface area is 146 Å². The highest BCUT2D eigenvalue weighted by Crippen LogP contribution is 2.65. The molecule has 1 saturated heterocycles. The lowest BCUT2D eigenvalue weighted by molar-refractivity contribution is -0.158. The number of rotatable bonds is 4. The molecule has 0 amide bonds. The predicted octanol–water partition coefficient (Wildman–Crippen LogP) is 4.58. The largest absolute Gasteiger partial charge is 0.460 e. The van der Waals surface area contributed by atoms with Crippen molar-refractivity contribution >= 4 is 5.97 Å². The van der Waals surface area contributed by atoms with Gasteiger partial charge in [-0.15, -0.1) is 0 Å². The number of hydrogen-bond acceptors (Lipinski definition) is 3. The van der Waals surface area contributed by atoms with Crippen LogP contribution in [0.3, 0.4) is 0 Å². The second kappa shape index (κ2) is 5.87. The molecule has 1 aliphatic heterocycles. The van der Waals surface area contributed by atoms with E-state index in [0.29, 0.717) is 17.9 Å². The van der Waals surface area contributed by atoms with Crippen LogP contribution < -0.4 is 0 Å². The molecular weight excluding hydrogens is 298 g/mol. The van der Waals surface area contributed by atoms with Crippen LogP contribution in [0.5, 0.6) is 0 Å². The summed E-state index contributed by atoms with van der Waals surface area (Å²) in [5.41, 5.74) is 1.29. The Balaban J connectivity index is 1.72. The molecule has 3 heteroatoms. The lowest BCUT2D eigenvalue weighted by Gasteiger charge is -2.32. The zero-order valence-electron chi connectivity index (χ0n) is 15.8. The van der Waals surface area contributed by atoms with E-state index in [1.807, 2.05) is 20.8 Å². The molecule has 1 saturated carbocycles. The van der Waals surface area contributed by atoms with Crippen molar-refractivity contribution in [1.82, 2.24) is 4.90 Å². The normalized spacial score (nSPS) is 27.2. The number of carbonyl (C=O) groups is 1. The van der Waals surface area contributed by atoms with Crippen LogP contribution in [0.15, 0.2) is 30.3 Å². The maximum absolute atomic E-state index is 12.4. The van der Waals surface area contributed by atoms with Crippen molar-refractivity contribution in [3.63, 3.8) is 0 Å². The molecular formula is C21H31NO2. The van der Waals surface area contributed by atoms with Gasteiger partial charge >= 0.3 is 5.97 Å². The average molecular weight is 329 g/mol. The molecule has 0 N–H and O–H groups in total. The number of ether oxygens (including phenoxy) is 1. The standard InChI is InChI=1S/C21H31NO2/c1-16(17-9-7-6-8-10-17)22-14-20(5,21(15-22)11-12-21)13-18(23)24-19(2,3)4/h6-10,16H,11-15H2,1-5H3/t16-,20-/m1/s1. The molecule has 24 heavy (non-hydrogen) atoms. The van der Waals surface area contributed by atoms with Crippen molar-refractivity contribution in [3.8, 4) is 0 Å². The Hall–Kier alpha value is -1.35. The van der Waals surface area contributed by atoms with Gasteiger partial charge in [0.2, 0.25) is 0 Å². The molecule has 1 aromatic rings. The van der Waals surface area contributed by atoms with E-state index >= 15 is 0 Å². The van der Waals surface area contributed by atoms with Crippen molar-refractivity contribution in [2.75, 3.05) is 13.1 Å². The molecule has 2 atom stereocenters. The lowest BCUT2D eigenvalue weighted by atomic mass is 9.74. The summed E-state index contributed by atoms with van der Waals surface area (Å²) in [6.07, 6.45) is 3.01. The minimum absolute atomic E-state index is 0.0262. The number of benzene rings is 1. The van der Waals surface area contributed by atoms with E-state index in [0.717, 1.165) is 13.1 Å². The van der Waals surface area contributed by atoms with E-state index in [9.17, 15) is 4.79 Å². The summed E-state index contributed by atoms with van der Waals surface area (Å²) in [7, 11) is 0. The fraction of sp³-hybridized carbons (Fsp3) is 0.667. The van der Waals surface area contributed by atoms with Crippen LogP contribution in [0.25, 0.3) is 0 Å². The van der Waals surface area contributed by atoms with E-state index in [-0.39, 0.29) is 11.4 Å². The summed E-state index contributed by atoms with van der Waals surface area (Å²) < 4.78 is 5.61. The molecule has 1 spiro atoms. The van der Waals surface area contributed by atoms with Crippen LogP contribution in [0.4, 0.5) is 0 Å². The lowest BCUT2D eigenvalue weighted by Crippen LogP contribution is -2.34. The third-order valence-electron chi connectivity index (χ3n) is 5.98. The van der Waals surface area contributed by atoms with Gasteiger partial charge in [0.25, 0.3) is 0 Å². The Morgan fingerprint density at radius 2 is 1.83 bits per heavy atom. The molecule has 1 aromatic carbocycles. The summed E-state index contributed by atoms with van der Waals surface area (Å²) in [5.74, 6) is -0.0505. The average Bonchev–Trinajstić information content (AvgIpc) is 3.20. The Kier molecular flexibility index (Phi) is 4.28. The predicted molar refractivity (Wildman–Crippen MR) is 96.7 cm³/mol. The smallest absolute Gasteiger partial charge is 0.306 e. The monoisotopic (exact) mass is 329 g/mol. The molecule has 0 bridgehead atoms. The second-order valence-electron chi connectivity index (χ2n) is 9.10. The molecule has 0 unspecified atom stereocenters. The zero-order valence-corrected chi connectivity index (χ0v) is 15.8. The van der Waals surface area contributed by atoms with Crippen LogP contribution in [0, 0.1) is 10.8 Å². The molecule has 2 fully saturated rings. The second-order valence-corrected chi connectivity index (χ2v) is 9.10. The Morgan fingerprint density at radius 1 is 1.21 bits per heavy atom. The third kappa shape index (κ3) is 3.37. The van der Waals surface area contributed by atoms with E-state index in [2.05, 4.69) is 49.1 Å². The van der Waals surface area contributed by atoms with Crippen LogP contribution >= 0.6 is 0 Å². The summed E-state index contributed by atoms with van der Waals surface area (Å²) in [6, 6.07) is 11.1. The molecule has 0 radical (unpaired) electrons. The van der Waals surface area contributed by atoms with Gasteiger partial charge in [-0.2, -0.15) is 0 Å². The Bertz CT molecular complexity index is 600. The van der Waals surface area contributed by atoms with Crippen molar-refractivity contribution in [2.45, 2.75) is 65.5 Å². The van der Waals surface area contributed by atoms with Crippen molar-refractivity contribution in [3.05, 3.63) is 35.9 Å². The number of esters is 1. The molecule has 3 rings (SSSR count). The van der Waals surface area contributed by atoms with E-state index < -0.39 is 5.60 Å². The zero-order chi connectivity index (χ0) is 17.6. The quantitative estimate of drug-likeness (QED) is 0.757. The maximum Gasteiger partial charge on any atom is 0.306 e. The van der Waals surface area contributed by atoms with E-state index in [1.165, 1.54) is 18.4 Å². The fourth-order valence-corrected chi connectivity index (χ4v) is 4.32. The summed E-state index contributed by atoms with van der Waals surface area (Å²) in [6.45, 7) is 12.5. The SMILES string of the molecule is C[C@H](c1ccccc1)N1CC2(CC2)[C@](C)(CC(=O)OC(C)(C)C)C1. The van der Waals surface area contributed by atoms with Crippen molar-refractivity contribution in [1.29, 1.82) is 0 Å². The van der Waals surface area contributed by atoms with Gasteiger partial charge in [-0.3, -0.25) is 9.69 Å². The van der Waals surface area contributed by atoms with Gasteiger partial charge in [0, 0.05) is 19.1 Å². The van der Waals surface area contributed by atoms with Crippen LogP contribution in [-0.2, 0) is 9.53 Å². The van der Waals surface area contributed by atoms with Crippen molar-refractivity contribution < 1.29 is 9.53 Å². The first-order valence-electron chi connectivity index (χ1n) is 9.15. The highest BCUT2D eigenvalue weighted by molar-refractivity contribution is 5.71. The van der Waals surface area contributed by atoms with Gasteiger partial charge in [-0.1, -0.05) is 37.3 Å². The van der Waals surface area contributed by atoms with Crippen LogP contribution in [0.2, 0.25) is 0 Å². The number of hydrogen-bond donors (Lipinski definition) is 0. The number of likely N-dealkylation sites (tertiary alicyclic amines) is 1. The van der Waals surface area contributed by atoms with E-state index in [4.69, 9.17) is 4.74 Å². The Morgan fingerprint density at radius 3 is 2.38 bits per heavy atom. The van der Waals surface area contributed by atoms with Crippen LogP contribution in [-0.4, -0.2) is 29.6 Å². The van der Waals surface area contributed by atoms with Gasteiger partial charge in [-0.05, 0) is 56.9 Å². The molecule has 0 aromatic heterocycles. The third-order valence-corrected chi connectivity index (χ3v) is 5.98.